The zero-order valence-electron chi connectivity index (χ0n) is 14.6. The van der Waals surface area contributed by atoms with Crippen LogP contribution in [0.15, 0.2) is 36.4 Å². The van der Waals surface area contributed by atoms with E-state index in [1.807, 2.05) is 18.4 Å². The van der Waals surface area contributed by atoms with Crippen LogP contribution in [0.4, 0.5) is 13.2 Å². The smallest absolute Gasteiger partial charge is 0.416 e. The lowest BCUT2D eigenvalue weighted by atomic mass is 10.2. The van der Waals surface area contributed by atoms with Crippen molar-refractivity contribution in [2.75, 3.05) is 0 Å². The van der Waals surface area contributed by atoms with E-state index < -0.39 is 11.7 Å². The molecule has 1 aromatic heterocycles. The minimum Gasteiger partial charge on any atom is -0.484 e. The fourth-order valence-corrected chi connectivity index (χ4v) is 3.23. The topological polar surface area (TPSA) is 27.1 Å². The number of hydrogen-bond acceptors (Lipinski definition) is 2. The third-order valence-corrected chi connectivity index (χ3v) is 4.48. The normalized spacial score (nSPS) is 12.1. The van der Waals surface area contributed by atoms with Gasteiger partial charge in [0.05, 0.1) is 21.6 Å². The van der Waals surface area contributed by atoms with Gasteiger partial charge in [0.25, 0.3) is 0 Å². The molecule has 0 fully saturated rings. The summed E-state index contributed by atoms with van der Waals surface area (Å²) in [7, 11) is 0. The molecule has 144 valence electrons. The van der Waals surface area contributed by atoms with Crippen LogP contribution in [0.25, 0.3) is 11.0 Å². The van der Waals surface area contributed by atoms with Crippen LogP contribution in [0.1, 0.15) is 25.2 Å². The average molecular weight is 417 g/mol. The standard InChI is InChI=1S/C19H17Cl2F3N2O/c1-11(2)9-26-16-5-3-12(19(22,23)24)7-15(16)25-18(26)10-27-17-6-4-13(20)8-14(17)21/h3-8,11H,9-10H2,1-2H3. The first-order valence-corrected chi connectivity index (χ1v) is 9.05. The SMILES string of the molecule is CC(C)Cn1c(COc2ccc(Cl)cc2Cl)nc2cc(C(F)(F)F)ccc21. The Kier molecular flexibility index (Phi) is 5.58. The quantitative estimate of drug-likeness (QED) is 0.468. The van der Waals surface area contributed by atoms with Gasteiger partial charge in [0.1, 0.15) is 18.2 Å². The lowest BCUT2D eigenvalue weighted by molar-refractivity contribution is -0.137. The summed E-state index contributed by atoms with van der Waals surface area (Å²) in [4.78, 5) is 4.37. The van der Waals surface area contributed by atoms with Gasteiger partial charge >= 0.3 is 6.18 Å². The van der Waals surface area contributed by atoms with Crippen LogP contribution in [0, 0.1) is 5.92 Å². The second kappa shape index (κ2) is 7.60. The Morgan fingerprint density at radius 3 is 2.48 bits per heavy atom. The molecule has 3 nitrogen and oxygen atoms in total. The highest BCUT2D eigenvalue weighted by Gasteiger charge is 2.31. The van der Waals surface area contributed by atoms with Crippen molar-refractivity contribution in [2.24, 2.45) is 5.92 Å². The second-order valence-corrected chi connectivity index (χ2v) is 7.44. The molecule has 3 aromatic rings. The summed E-state index contributed by atoms with van der Waals surface area (Å²) in [5.74, 6) is 1.24. The molecule has 0 bridgehead atoms. The van der Waals surface area contributed by atoms with E-state index in [0.717, 1.165) is 12.1 Å². The molecule has 0 amide bonds. The Labute approximate surface area is 164 Å². The Hall–Kier alpha value is -1.92. The first-order valence-electron chi connectivity index (χ1n) is 8.29. The summed E-state index contributed by atoms with van der Waals surface area (Å²) in [5.41, 5.74) is 0.196. The van der Waals surface area contributed by atoms with Crippen molar-refractivity contribution in [1.29, 1.82) is 0 Å². The summed E-state index contributed by atoms with van der Waals surface area (Å²) in [5, 5.41) is 0.840. The zero-order chi connectivity index (χ0) is 19.8. The molecule has 0 saturated carbocycles. The summed E-state index contributed by atoms with van der Waals surface area (Å²) in [6, 6.07) is 8.43. The Morgan fingerprint density at radius 2 is 1.85 bits per heavy atom. The summed E-state index contributed by atoms with van der Waals surface area (Å²) in [6.07, 6.45) is -4.41. The fraction of sp³-hybridized carbons (Fsp3) is 0.316. The van der Waals surface area contributed by atoms with Crippen molar-refractivity contribution in [3.63, 3.8) is 0 Å². The van der Waals surface area contributed by atoms with Gasteiger partial charge in [-0.05, 0) is 42.3 Å². The van der Waals surface area contributed by atoms with Gasteiger partial charge in [0.15, 0.2) is 0 Å². The van der Waals surface area contributed by atoms with Gasteiger partial charge < -0.3 is 9.30 Å². The summed E-state index contributed by atoms with van der Waals surface area (Å²) < 4.78 is 46.6. The number of halogens is 5. The van der Waals surface area contributed by atoms with E-state index in [1.165, 1.54) is 6.07 Å². The molecule has 0 N–H and O–H groups in total. The first kappa shape index (κ1) is 19.8. The van der Waals surface area contributed by atoms with Crippen LogP contribution in [-0.4, -0.2) is 9.55 Å². The number of aromatic nitrogens is 2. The fourth-order valence-electron chi connectivity index (χ4n) is 2.77. The van der Waals surface area contributed by atoms with Crippen LogP contribution in [0.3, 0.4) is 0 Å². The van der Waals surface area contributed by atoms with Gasteiger partial charge in [-0.15, -0.1) is 0 Å². The maximum absolute atomic E-state index is 13.0. The molecule has 2 aromatic carbocycles. The van der Waals surface area contributed by atoms with Crippen molar-refractivity contribution >= 4 is 34.2 Å². The summed E-state index contributed by atoms with van der Waals surface area (Å²) >= 11 is 12.0. The minimum absolute atomic E-state index is 0.0735. The number of fused-ring (bicyclic) bond motifs is 1. The number of alkyl halides is 3. The maximum atomic E-state index is 13.0. The molecule has 0 radical (unpaired) electrons. The van der Waals surface area contributed by atoms with E-state index in [1.54, 1.807) is 18.2 Å². The predicted molar refractivity (Wildman–Crippen MR) is 100 cm³/mol. The monoisotopic (exact) mass is 416 g/mol. The largest absolute Gasteiger partial charge is 0.484 e. The Morgan fingerprint density at radius 1 is 1.11 bits per heavy atom. The number of ether oxygens (including phenoxy) is 1. The molecule has 0 unspecified atom stereocenters. The van der Waals surface area contributed by atoms with E-state index in [9.17, 15) is 13.2 Å². The Bertz CT molecular complexity index is 967. The second-order valence-electron chi connectivity index (χ2n) is 6.60. The van der Waals surface area contributed by atoms with Crippen molar-refractivity contribution in [1.82, 2.24) is 9.55 Å². The third kappa shape index (κ3) is 4.50. The zero-order valence-corrected chi connectivity index (χ0v) is 16.2. The molecule has 1 heterocycles. The van der Waals surface area contributed by atoms with Gasteiger partial charge in [-0.3, -0.25) is 0 Å². The van der Waals surface area contributed by atoms with Gasteiger partial charge in [-0.2, -0.15) is 13.2 Å². The summed E-state index contributed by atoms with van der Waals surface area (Å²) in [6.45, 7) is 4.73. The number of benzene rings is 2. The Balaban J connectivity index is 1.97. The molecule has 0 saturated heterocycles. The van der Waals surface area contributed by atoms with Crippen LogP contribution in [0.5, 0.6) is 5.75 Å². The van der Waals surface area contributed by atoms with Crippen molar-refractivity contribution in [2.45, 2.75) is 33.2 Å². The molecule has 0 atom stereocenters. The van der Waals surface area contributed by atoms with Crippen LogP contribution in [-0.2, 0) is 19.3 Å². The lowest BCUT2D eigenvalue weighted by Gasteiger charge is -2.13. The van der Waals surface area contributed by atoms with E-state index in [0.29, 0.717) is 33.7 Å². The van der Waals surface area contributed by atoms with Crippen LogP contribution >= 0.6 is 23.2 Å². The van der Waals surface area contributed by atoms with E-state index >= 15 is 0 Å². The van der Waals surface area contributed by atoms with Crippen molar-refractivity contribution < 1.29 is 17.9 Å². The first-order chi connectivity index (χ1) is 12.6. The molecular weight excluding hydrogens is 400 g/mol. The molecule has 27 heavy (non-hydrogen) atoms. The number of nitrogens with zero attached hydrogens (tertiary/aromatic N) is 2. The van der Waals surface area contributed by atoms with E-state index in [-0.39, 0.29) is 18.0 Å². The van der Waals surface area contributed by atoms with Crippen molar-refractivity contribution in [3.8, 4) is 5.75 Å². The van der Waals surface area contributed by atoms with Gasteiger partial charge in [-0.25, -0.2) is 4.98 Å². The molecule has 0 aliphatic carbocycles. The van der Waals surface area contributed by atoms with Gasteiger partial charge in [-0.1, -0.05) is 37.0 Å². The van der Waals surface area contributed by atoms with Crippen molar-refractivity contribution in [3.05, 3.63) is 57.8 Å². The molecule has 3 rings (SSSR count). The number of rotatable bonds is 5. The third-order valence-electron chi connectivity index (χ3n) is 3.95. The minimum atomic E-state index is -4.41. The lowest BCUT2D eigenvalue weighted by Crippen LogP contribution is -2.11. The van der Waals surface area contributed by atoms with Crippen LogP contribution in [0.2, 0.25) is 10.0 Å². The molecule has 0 spiro atoms. The number of imidazole rings is 1. The molecule has 0 aliphatic rings. The predicted octanol–water partition coefficient (Wildman–Crippen LogP) is 6.60. The molecular formula is C19H17Cl2F3N2O. The van der Waals surface area contributed by atoms with E-state index in [4.69, 9.17) is 27.9 Å². The molecule has 0 aliphatic heterocycles. The average Bonchev–Trinajstić information content (AvgIpc) is 2.89. The maximum Gasteiger partial charge on any atom is 0.416 e. The van der Waals surface area contributed by atoms with Gasteiger partial charge in [0, 0.05) is 11.6 Å². The van der Waals surface area contributed by atoms with Gasteiger partial charge in [0.2, 0.25) is 0 Å². The molecule has 8 heteroatoms. The van der Waals surface area contributed by atoms with Crippen LogP contribution < -0.4 is 4.74 Å². The van der Waals surface area contributed by atoms with E-state index in [2.05, 4.69) is 4.98 Å². The highest BCUT2D eigenvalue weighted by atomic mass is 35.5. The highest BCUT2D eigenvalue weighted by Crippen LogP contribution is 2.32. The highest BCUT2D eigenvalue weighted by molar-refractivity contribution is 6.35. The number of hydrogen-bond donors (Lipinski definition) is 0.